The number of thiocarbonyl (C=S) groups is 1. The quantitative estimate of drug-likeness (QED) is 0.330. The number of nitrogens with one attached hydrogen (secondary N) is 2. The van der Waals surface area contributed by atoms with E-state index in [9.17, 15) is 14.4 Å². The Morgan fingerprint density at radius 3 is 2.32 bits per heavy atom. The van der Waals surface area contributed by atoms with Crippen molar-refractivity contribution in [3.8, 4) is 0 Å². The molecule has 0 spiro atoms. The predicted molar refractivity (Wildman–Crippen MR) is 122 cm³/mol. The summed E-state index contributed by atoms with van der Waals surface area (Å²) in [6, 6.07) is 16.4. The van der Waals surface area contributed by atoms with Crippen molar-refractivity contribution in [1.82, 2.24) is 5.32 Å². The molecule has 0 aromatic heterocycles. The third kappa shape index (κ3) is 9.39. The number of amides is 1. The lowest BCUT2D eigenvalue weighted by Crippen LogP contribution is -2.34. The molecule has 2 N–H and O–H groups in total. The highest BCUT2D eigenvalue weighted by Gasteiger charge is 2.10. The molecule has 7 nitrogen and oxygen atoms in total. The van der Waals surface area contributed by atoms with Gasteiger partial charge >= 0.3 is 11.9 Å². The maximum Gasteiger partial charge on any atom is 0.338 e. The molecule has 0 aliphatic carbocycles. The summed E-state index contributed by atoms with van der Waals surface area (Å²) >= 11 is 5.10. The van der Waals surface area contributed by atoms with E-state index in [-0.39, 0.29) is 23.9 Å². The third-order valence-corrected chi connectivity index (χ3v) is 4.38. The Labute approximate surface area is 187 Å². The van der Waals surface area contributed by atoms with Crippen LogP contribution in [0.5, 0.6) is 0 Å². The van der Waals surface area contributed by atoms with Crippen LogP contribution in [0.25, 0.3) is 0 Å². The van der Waals surface area contributed by atoms with E-state index in [2.05, 4.69) is 10.6 Å². The van der Waals surface area contributed by atoms with Gasteiger partial charge in [-0.05, 0) is 61.8 Å². The van der Waals surface area contributed by atoms with Gasteiger partial charge in [0.15, 0.2) is 5.11 Å². The molecule has 0 aliphatic heterocycles. The van der Waals surface area contributed by atoms with Crippen molar-refractivity contribution in [3.05, 3.63) is 65.7 Å². The summed E-state index contributed by atoms with van der Waals surface area (Å²) in [5, 5.41) is 5.46. The molecule has 0 unspecified atom stereocenters. The fourth-order valence-electron chi connectivity index (χ4n) is 2.65. The zero-order chi connectivity index (χ0) is 22.5. The SMILES string of the molecule is CCOC(=O)c1ccc(NC(=S)NC(=O)CCC(=O)OCCCc2ccccc2)cc1. The normalized spacial score (nSPS) is 10.1. The summed E-state index contributed by atoms with van der Waals surface area (Å²) in [6.07, 6.45) is 1.51. The fourth-order valence-corrected chi connectivity index (χ4v) is 2.88. The zero-order valence-corrected chi connectivity index (χ0v) is 18.2. The van der Waals surface area contributed by atoms with Gasteiger partial charge < -0.3 is 20.1 Å². The van der Waals surface area contributed by atoms with Gasteiger partial charge in [0.1, 0.15) is 0 Å². The standard InChI is InChI=1S/C23H26N2O5S/c1-2-29-22(28)18-10-12-19(13-11-18)24-23(31)25-20(26)14-15-21(27)30-16-6-9-17-7-4-3-5-8-17/h3-5,7-8,10-13H,2,6,9,14-16H2,1H3,(H2,24,25,26,31). The van der Waals surface area contributed by atoms with Crippen molar-refractivity contribution in [3.63, 3.8) is 0 Å². The number of rotatable bonds is 10. The number of carbonyl (C=O) groups is 3. The van der Waals surface area contributed by atoms with E-state index < -0.39 is 11.9 Å². The largest absolute Gasteiger partial charge is 0.466 e. The lowest BCUT2D eigenvalue weighted by atomic mass is 10.1. The monoisotopic (exact) mass is 442 g/mol. The lowest BCUT2D eigenvalue weighted by Gasteiger charge is -2.10. The van der Waals surface area contributed by atoms with Gasteiger partial charge in [0.2, 0.25) is 5.91 Å². The van der Waals surface area contributed by atoms with E-state index in [1.54, 1.807) is 31.2 Å². The first-order valence-electron chi connectivity index (χ1n) is 10.1. The molecule has 0 aliphatic rings. The smallest absolute Gasteiger partial charge is 0.338 e. The van der Waals surface area contributed by atoms with Crippen LogP contribution in [0.15, 0.2) is 54.6 Å². The molecule has 2 aromatic carbocycles. The number of hydrogen-bond acceptors (Lipinski definition) is 6. The third-order valence-electron chi connectivity index (χ3n) is 4.18. The molecule has 1 amide bonds. The van der Waals surface area contributed by atoms with Crippen LogP contribution in [0.3, 0.4) is 0 Å². The Kier molecular flexibility index (Phi) is 10.2. The first-order chi connectivity index (χ1) is 15.0. The Bertz CT molecular complexity index is 885. The van der Waals surface area contributed by atoms with Crippen molar-refractivity contribution >= 4 is 40.9 Å². The maximum absolute atomic E-state index is 12.0. The number of esters is 2. The van der Waals surface area contributed by atoms with Gasteiger partial charge in [-0.25, -0.2) is 4.79 Å². The molecule has 0 fully saturated rings. The van der Waals surface area contributed by atoms with E-state index in [4.69, 9.17) is 21.7 Å². The van der Waals surface area contributed by atoms with Crippen LogP contribution in [-0.2, 0) is 25.5 Å². The van der Waals surface area contributed by atoms with Gasteiger partial charge in [0.25, 0.3) is 0 Å². The Morgan fingerprint density at radius 2 is 1.65 bits per heavy atom. The number of anilines is 1. The molecule has 8 heteroatoms. The summed E-state index contributed by atoms with van der Waals surface area (Å²) in [6.45, 7) is 2.36. The van der Waals surface area contributed by atoms with Gasteiger partial charge in [0.05, 0.1) is 25.2 Å². The second-order valence-corrected chi connectivity index (χ2v) is 7.02. The first kappa shape index (κ1) is 24.0. The second kappa shape index (κ2) is 13.1. The molecule has 0 atom stereocenters. The van der Waals surface area contributed by atoms with Crippen LogP contribution in [-0.4, -0.2) is 36.2 Å². The fraction of sp³-hybridized carbons (Fsp3) is 0.304. The number of benzene rings is 2. The zero-order valence-electron chi connectivity index (χ0n) is 17.4. The average Bonchev–Trinajstić information content (AvgIpc) is 2.76. The van der Waals surface area contributed by atoms with Crippen LogP contribution in [0.4, 0.5) is 5.69 Å². The van der Waals surface area contributed by atoms with Gasteiger partial charge in [-0.15, -0.1) is 0 Å². The highest BCUT2D eigenvalue weighted by atomic mass is 32.1. The highest BCUT2D eigenvalue weighted by molar-refractivity contribution is 7.80. The molecular weight excluding hydrogens is 416 g/mol. The first-order valence-corrected chi connectivity index (χ1v) is 10.5. The Hall–Kier alpha value is -3.26. The molecule has 0 bridgehead atoms. The molecular formula is C23H26N2O5S. The summed E-state index contributed by atoms with van der Waals surface area (Å²) in [7, 11) is 0. The summed E-state index contributed by atoms with van der Waals surface area (Å²) in [4.78, 5) is 35.4. The number of ether oxygens (including phenoxy) is 2. The van der Waals surface area contributed by atoms with E-state index >= 15 is 0 Å². The average molecular weight is 443 g/mol. The van der Waals surface area contributed by atoms with Gasteiger partial charge in [0, 0.05) is 12.1 Å². The van der Waals surface area contributed by atoms with Crippen LogP contribution in [0, 0.1) is 0 Å². The summed E-state index contributed by atoms with van der Waals surface area (Å²) in [5.41, 5.74) is 2.22. The van der Waals surface area contributed by atoms with Crippen LogP contribution in [0.2, 0.25) is 0 Å². The molecule has 0 heterocycles. The van der Waals surface area contributed by atoms with E-state index in [1.165, 1.54) is 5.56 Å². The van der Waals surface area contributed by atoms with E-state index in [0.717, 1.165) is 12.8 Å². The predicted octanol–water partition coefficient (Wildman–Crippen LogP) is 3.63. The Morgan fingerprint density at radius 1 is 0.935 bits per heavy atom. The van der Waals surface area contributed by atoms with E-state index in [0.29, 0.717) is 24.5 Å². The minimum Gasteiger partial charge on any atom is -0.466 e. The molecule has 164 valence electrons. The van der Waals surface area contributed by atoms with Gasteiger partial charge in [-0.1, -0.05) is 30.3 Å². The van der Waals surface area contributed by atoms with Crippen LogP contribution < -0.4 is 10.6 Å². The Balaban J connectivity index is 1.62. The minimum atomic E-state index is -0.420. The molecule has 31 heavy (non-hydrogen) atoms. The minimum absolute atomic E-state index is 0.0198. The number of carbonyl (C=O) groups excluding carboxylic acids is 3. The lowest BCUT2D eigenvalue weighted by molar-refractivity contribution is -0.145. The maximum atomic E-state index is 12.0. The molecule has 2 aromatic rings. The molecule has 0 saturated carbocycles. The van der Waals surface area contributed by atoms with Crippen molar-refractivity contribution in [2.24, 2.45) is 0 Å². The molecule has 2 rings (SSSR count). The summed E-state index contributed by atoms with van der Waals surface area (Å²) < 4.78 is 10.1. The van der Waals surface area contributed by atoms with Gasteiger partial charge in [-0.2, -0.15) is 0 Å². The van der Waals surface area contributed by atoms with Gasteiger partial charge in [-0.3, -0.25) is 9.59 Å². The molecule has 0 radical (unpaired) electrons. The van der Waals surface area contributed by atoms with Crippen molar-refractivity contribution in [1.29, 1.82) is 0 Å². The van der Waals surface area contributed by atoms with Crippen LogP contribution in [0.1, 0.15) is 42.1 Å². The van der Waals surface area contributed by atoms with Crippen LogP contribution >= 0.6 is 12.2 Å². The summed E-state index contributed by atoms with van der Waals surface area (Å²) in [5.74, 6) is -1.21. The highest BCUT2D eigenvalue weighted by Crippen LogP contribution is 2.10. The number of hydrogen-bond donors (Lipinski definition) is 2. The topological polar surface area (TPSA) is 93.7 Å². The van der Waals surface area contributed by atoms with Crippen molar-refractivity contribution in [2.75, 3.05) is 18.5 Å². The second-order valence-electron chi connectivity index (χ2n) is 6.61. The van der Waals surface area contributed by atoms with Crippen molar-refractivity contribution < 1.29 is 23.9 Å². The van der Waals surface area contributed by atoms with E-state index in [1.807, 2.05) is 30.3 Å². The molecule has 0 saturated heterocycles. The van der Waals surface area contributed by atoms with Crippen molar-refractivity contribution in [2.45, 2.75) is 32.6 Å². The number of aryl methyl sites for hydroxylation is 1.